The van der Waals surface area contributed by atoms with Crippen LogP contribution in [0, 0.1) is 24.0 Å². The Bertz CT molecular complexity index is 2310. The number of likely N-dealkylation sites (N-methyl/N-ethyl adjacent to an activating group) is 2. The maximum absolute atomic E-state index is 13.0. The number of fused-ring (bicyclic) bond motifs is 2. The highest BCUT2D eigenvalue weighted by atomic mass is 16.6. The molecule has 2 unspecified atom stereocenters. The zero-order valence-corrected chi connectivity index (χ0v) is 32.1. The van der Waals surface area contributed by atoms with Crippen molar-refractivity contribution in [3.63, 3.8) is 0 Å². The minimum Gasteiger partial charge on any atom is -0.491 e. The summed E-state index contributed by atoms with van der Waals surface area (Å²) in [5, 5.41) is 31.9. The Morgan fingerprint density at radius 1 is 0.696 bits per heavy atom. The lowest BCUT2D eigenvalue weighted by molar-refractivity contribution is -0.384. The second-order valence-corrected chi connectivity index (χ2v) is 13.9. The van der Waals surface area contributed by atoms with Crippen LogP contribution in [-0.2, 0) is 0 Å². The van der Waals surface area contributed by atoms with Gasteiger partial charge in [-0.1, -0.05) is 0 Å². The summed E-state index contributed by atoms with van der Waals surface area (Å²) in [6.07, 6.45) is -1.20. The van der Waals surface area contributed by atoms with Crippen molar-refractivity contribution in [2.45, 2.75) is 26.1 Å². The average molecular weight is 767 g/mol. The molecule has 2 heterocycles. The van der Waals surface area contributed by atoms with E-state index in [0.29, 0.717) is 86.0 Å². The van der Waals surface area contributed by atoms with Crippen LogP contribution in [0.1, 0.15) is 43.4 Å². The van der Waals surface area contributed by atoms with Crippen molar-refractivity contribution < 1.29 is 43.0 Å². The Labute approximate surface area is 323 Å². The monoisotopic (exact) mass is 766 g/mol. The van der Waals surface area contributed by atoms with Gasteiger partial charge in [-0.05, 0) is 115 Å². The van der Waals surface area contributed by atoms with Gasteiger partial charge in [-0.25, -0.2) is 0 Å². The third-order valence-electron chi connectivity index (χ3n) is 8.67. The summed E-state index contributed by atoms with van der Waals surface area (Å²) in [6.45, 7) is 4.76. The number of furan rings is 2. The third kappa shape index (κ3) is 10.2. The smallest absolute Gasteiger partial charge is 0.270 e. The molecule has 0 bridgehead atoms. The molecule has 0 radical (unpaired) electrons. The normalized spacial score (nSPS) is 12.4. The van der Waals surface area contributed by atoms with Crippen molar-refractivity contribution in [3.8, 4) is 11.5 Å². The summed E-state index contributed by atoms with van der Waals surface area (Å²) in [5.41, 5.74) is 9.16. The molecule has 0 spiro atoms. The number of aliphatic hydroxyl groups excluding tert-OH is 2. The molecule has 0 saturated heterocycles. The number of anilines is 1. The molecule has 0 aliphatic rings. The third-order valence-corrected chi connectivity index (χ3v) is 8.67. The van der Waals surface area contributed by atoms with Crippen molar-refractivity contribution in [1.29, 1.82) is 0 Å². The number of nitrogens with two attached hydrogens (primary N) is 1. The molecule has 14 nitrogen and oxygen atoms in total. The quantitative estimate of drug-likeness (QED) is 0.0474. The molecule has 4 aromatic carbocycles. The van der Waals surface area contributed by atoms with E-state index in [1.165, 1.54) is 18.2 Å². The van der Waals surface area contributed by atoms with E-state index in [1.54, 1.807) is 80.6 Å². The highest BCUT2D eigenvalue weighted by Crippen LogP contribution is 2.32. The molecule has 0 aliphatic carbocycles. The molecule has 2 aromatic heterocycles. The predicted octanol–water partition coefficient (Wildman–Crippen LogP) is 6.04. The fraction of sp³-hybridized carbons (Fsp3) is 0.286. The number of carbonyl (C=O) groups is 2. The lowest BCUT2D eigenvalue weighted by Gasteiger charge is -2.16. The molecular formula is C42H46N4O10. The molecule has 4 N–H and O–H groups in total. The molecule has 14 heteroatoms. The van der Waals surface area contributed by atoms with E-state index >= 15 is 0 Å². The second kappa shape index (κ2) is 18.0. The number of carbonyl (C=O) groups excluding carboxylic acids is 2. The molecule has 0 amide bonds. The van der Waals surface area contributed by atoms with Gasteiger partial charge in [0.15, 0.2) is 11.6 Å². The minimum absolute atomic E-state index is 0.104. The van der Waals surface area contributed by atoms with Crippen LogP contribution in [0.5, 0.6) is 11.5 Å². The van der Waals surface area contributed by atoms with Crippen molar-refractivity contribution in [2.75, 3.05) is 60.2 Å². The number of ketones is 2. The van der Waals surface area contributed by atoms with Crippen LogP contribution < -0.4 is 15.2 Å². The van der Waals surface area contributed by atoms with Gasteiger partial charge < -0.3 is 44.1 Å². The van der Waals surface area contributed by atoms with Gasteiger partial charge in [-0.3, -0.25) is 19.7 Å². The fourth-order valence-electron chi connectivity index (χ4n) is 6.15. The number of non-ortho nitro benzene ring substituents is 1. The van der Waals surface area contributed by atoms with Crippen molar-refractivity contribution in [1.82, 2.24) is 9.80 Å². The topological polar surface area (TPSA) is 195 Å². The molecule has 6 rings (SSSR count). The first kappa shape index (κ1) is 41.1. The van der Waals surface area contributed by atoms with Crippen LogP contribution in [0.3, 0.4) is 0 Å². The van der Waals surface area contributed by atoms with Crippen LogP contribution in [0.15, 0.2) is 93.8 Å². The Balaban J connectivity index is 0.000000215. The molecule has 6 aromatic rings. The number of nitro groups is 1. The van der Waals surface area contributed by atoms with Crippen molar-refractivity contribution >= 4 is 44.9 Å². The number of hydrogen-bond donors (Lipinski definition) is 3. The molecule has 56 heavy (non-hydrogen) atoms. The van der Waals surface area contributed by atoms with E-state index in [-0.39, 0.29) is 30.5 Å². The standard InChI is InChI=1S/C21H22N2O6.C21H24N2O4/c1-13-20(18-10-15(23(26)27)6-9-19(18)29-13)21(25)14-4-7-17(8-5-14)28-12-16(24)11-22(2)3;1-13-20(18-10-15(22)6-9-19(18)27-13)21(25)14-4-7-17(8-5-14)26-12-16(24)11-23(2)3/h4-10,16,24H,11-12H2,1-3H3;4-10,16,24H,11-12,22H2,1-3H3. The summed E-state index contributed by atoms with van der Waals surface area (Å²) < 4.78 is 22.4. The minimum atomic E-state index is -0.623. The molecular weight excluding hydrogens is 720 g/mol. The van der Waals surface area contributed by atoms with E-state index in [2.05, 4.69) is 0 Å². The summed E-state index contributed by atoms with van der Waals surface area (Å²) in [5.74, 6) is 1.67. The van der Waals surface area contributed by atoms with Crippen LogP contribution in [-0.4, -0.2) is 103 Å². The van der Waals surface area contributed by atoms with Crippen LogP contribution in [0.25, 0.3) is 21.9 Å². The number of aliphatic hydroxyl groups is 2. The molecule has 2 atom stereocenters. The number of hydrogen-bond acceptors (Lipinski definition) is 13. The zero-order chi connectivity index (χ0) is 40.7. The average Bonchev–Trinajstić information content (AvgIpc) is 3.66. The van der Waals surface area contributed by atoms with Crippen molar-refractivity contribution in [2.24, 2.45) is 0 Å². The molecule has 294 valence electrons. The van der Waals surface area contributed by atoms with E-state index in [1.807, 2.05) is 38.0 Å². The van der Waals surface area contributed by atoms with E-state index in [9.17, 15) is 29.9 Å². The van der Waals surface area contributed by atoms with Crippen molar-refractivity contribution in [3.05, 3.63) is 129 Å². The highest BCUT2D eigenvalue weighted by Gasteiger charge is 2.23. The van der Waals surface area contributed by atoms with Gasteiger partial charge in [-0.15, -0.1) is 0 Å². The van der Waals surface area contributed by atoms with Crippen LogP contribution in [0.2, 0.25) is 0 Å². The Morgan fingerprint density at radius 3 is 1.52 bits per heavy atom. The first-order valence-electron chi connectivity index (χ1n) is 17.8. The van der Waals surface area contributed by atoms with E-state index in [0.717, 1.165) is 0 Å². The summed E-state index contributed by atoms with van der Waals surface area (Å²) in [6, 6.07) is 22.8. The maximum atomic E-state index is 13.0. The summed E-state index contributed by atoms with van der Waals surface area (Å²) >= 11 is 0. The fourth-order valence-corrected chi connectivity index (χ4v) is 6.15. The summed E-state index contributed by atoms with van der Waals surface area (Å²) in [7, 11) is 7.50. The van der Waals surface area contributed by atoms with Gasteiger partial charge in [0.1, 0.15) is 59.6 Å². The second-order valence-electron chi connectivity index (χ2n) is 13.9. The Morgan fingerprint density at radius 2 is 1.11 bits per heavy atom. The Kier molecular flexibility index (Phi) is 13.3. The summed E-state index contributed by atoms with van der Waals surface area (Å²) in [4.78, 5) is 40.3. The van der Waals surface area contributed by atoms with Gasteiger partial charge in [0, 0.05) is 52.8 Å². The number of nitrogen functional groups attached to an aromatic ring is 1. The predicted molar refractivity (Wildman–Crippen MR) is 213 cm³/mol. The SMILES string of the molecule is Cc1oc2ccc(N)cc2c1C(=O)c1ccc(OCC(O)CN(C)C)cc1.Cc1oc2ccc([N+](=O)[O-])cc2c1C(=O)c1ccc(OCC(O)CN(C)C)cc1. The lowest BCUT2D eigenvalue weighted by Crippen LogP contribution is -2.30. The van der Waals surface area contributed by atoms with Crippen LogP contribution >= 0.6 is 0 Å². The maximum Gasteiger partial charge on any atom is 0.270 e. The first-order valence-corrected chi connectivity index (χ1v) is 17.8. The molecule has 0 saturated carbocycles. The number of aryl methyl sites for hydroxylation is 2. The highest BCUT2D eigenvalue weighted by molar-refractivity contribution is 6.18. The number of rotatable bonds is 15. The number of benzene rings is 4. The largest absolute Gasteiger partial charge is 0.491 e. The van der Waals surface area contributed by atoms with Gasteiger partial charge in [0.25, 0.3) is 5.69 Å². The van der Waals surface area contributed by atoms with E-state index < -0.39 is 17.1 Å². The Hall–Kier alpha value is -6.06. The van der Waals surface area contributed by atoms with E-state index in [4.69, 9.17) is 24.0 Å². The van der Waals surface area contributed by atoms with Gasteiger partial charge in [-0.2, -0.15) is 0 Å². The lowest BCUT2D eigenvalue weighted by atomic mass is 10.00. The first-order chi connectivity index (χ1) is 26.6. The van der Waals surface area contributed by atoms with Gasteiger partial charge in [0.05, 0.1) is 16.1 Å². The van der Waals surface area contributed by atoms with Gasteiger partial charge >= 0.3 is 0 Å². The number of ether oxygens (including phenoxy) is 2. The van der Waals surface area contributed by atoms with Crippen LogP contribution in [0.4, 0.5) is 11.4 Å². The zero-order valence-electron chi connectivity index (χ0n) is 32.1. The molecule has 0 fully saturated rings. The molecule has 0 aliphatic heterocycles. The van der Waals surface area contributed by atoms with Gasteiger partial charge in [0.2, 0.25) is 0 Å². The number of nitrogens with zero attached hydrogens (tertiary/aromatic N) is 3. The number of nitro benzene ring substituents is 1.